The maximum atomic E-state index is 12.7. The first kappa shape index (κ1) is 17.5. The monoisotopic (exact) mass is 344 g/mol. The molecule has 3 atom stereocenters. The maximum absolute atomic E-state index is 12.7. The van der Waals surface area contributed by atoms with Gasteiger partial charge in [0, 0.05) is 13.0 Å². The van der Waals surface area contributed by atoms with Crippen molar-refractivity contribution in [1.29, 1.82) is 0 Å². The summed E-state index contributed by atoms with van der Waals surface area (Å²) in [6.07, 6.45) is 1.14. The number of carbonyl (C=O) groups is 1. The smallest absolute Gasteiger partial charge is 0.318 e. The Morgan fingerprint density at radius 3 is 2.84 bits per heavy atom. The Bertz CT molecular complexity index is 659. The summed E-state index contributed by atoms with van der Waals surface area (Å²) in [6, 6.07) is 12.9. The van der Waals surface area contributed by atoms with Crippen molar-refractivity contribution < 1.29 is 19.1 Å². The quantitative estimate of drug-likeness (QED) is 0.875. The highest BCUT2D eigenvalue weighted by atomic mass is 16.5. The molecule has 6 heteroatoms. The second-order valence-electron chi connectivity index (χ2n) is 6.27. The van der Waals surface area contributed by atoms with Crippen LogP contribution in [0, 0.1) is 0 Å². The van der Waals surface area contributed by atoms with Crippen LogP contribution in [0.25, 0.3) is 0 Å². The normalized spacial score (nSPS) is 20.1. The van der Waals surface area contributed by atoms with Gasteiger partial charge in [0.05, 0.1) is 31.6 Å². The lowest BCUT2D eigenvalue weighted by Gasteiger charge is -2.37. The molecule has 0 spiro atoms. The first-order valence-electron chi connectivity index (χ1n) is 8.56. The number of hydrogen-bond acceptors (Lipinski definition) is 4. The zero-order valence-electron chi connectivity index (χ0n) is 14.3. The summed E-state index contributed by atoms with van der Waals surface area (Å²) in [4.78, 5) is 14.5. The SMILES string of the molecule is C[C@@H](NC(=O)N1CCOC[C@@H]1C[C@@H](O)c1ccco1)c1ccccc1. The molecule has 1 aliphatic rings. The predicted molar refractivity (Wildman–Crippen MR) is 93.0 cm³/mol. The van der Waals surface area contributed by atoms with E-state index in [0.717, 1.165) is 5.56 Å². The minimum absolute atomic E-state index is 0.0906. The molecule has 1 fully saturated rings. The van der Waals surface area contributed by atoms with E-state index in [0.29, 0.717) is 31.9 Å². The molecule has 25 heavy (non-hydrogen) atoms. The molecule has 2 heterocycles. The average Bonchev–Trinajstić information content (AvgIpc) is 3.17. The molecule has 2 aromatic rings. The number of aliphatic hydroxyl groups is 1. The van der Waals surface area contributed by atoms with Gasteiger partial charge in [0.25, 0.3) is 0 Å². The fraction of sp³-hybridized carbons (Fsp3) is 0.421. The number of benzene rings is 1. The van der Waals surface area contributed by atoms with E-state index in [2.05, 4.69) is 5.32 Å². The summed E-state index contributed by atoms with van der Waals surface area (Å²) < 4.78 is 10.8. The minimum Gasteiger partial charge on any atom is -0.467 e. The highest BCUT2D eigenvalue weighted by Crippen LogP contribution is 2.23. The molecular weight excluding hydrogens is 320 g/mol. The largest absolute Gasteiger partial charge is 0.467 e. The van der Waals surface area contributed by atoms with Gasteiger partial charge in [0.15, 0.2) is 0 Å². The lowest BCUT2D eigenvalue weighted by Crippen LogP contribution is -2.53. The number of furan rings is 1. The average molecular weight is 344 g/mol. The molecule has 6 nitrogen and oxygen atoms in total. The molecule has 0 bridgehead atoms. The van der Waals surface area contributed by atoms with Gasteiger partial charge in [0.1, 0.15) is 11.9 Å². The van der Waals surface area contributed by atoms with Crippen LogP contribution in [-0.2, 0) is 4.74 Å². The standard InChI is InChI=1S/C19H24N2O4/c1-14(15-6-3-2-4-7-15)20-19(23)21-9-11-24-13-16(21)12-17(22)18-8-5-10-25-18/h2-8,10,14,16-17,22H,9,11-13H2,1H3,(H,20,23)/t14-,16+,17-/m1/s1. The molecule has 0 saturated carbocycles. The van der Waals surface area contributed by atoms with Crippen molar-refractivity contribution in [1.82, 2.24) is 10.2 Å². The molecular formula is C19H24N2O4. The van der Waals surface area contributed by atoms with Crippen molar-refractivity contribution in [3.8, 4) is 0 Å². The third kappa shape index (κ3) is 4.41. The van der Waals surface area contributed by atoms with Crippen molar-refractivity contribution in [2.45, 2.75) is 31.5 Å². The summed E-state index contributed by atoms with van der Waals surface area (Å²) in [6.45, 7) is 3.37. The summed E-state index contributed by atoms with van der Waals surface area (Å²) in [7, 11) is 0. The molecule has 134 valence electrons. The Labute approximate surface area is 147 Å². The predicted octanol–water partition coefficient (Wildman–Crippen LogP) is 2.87. The number of aliphatic hydroxyl groups excluding tert-OH is 1. The van der Waals surface area contributed by atoms with Crippen LogP contribution in [0.2, 0.25) is 0 Å². The van der Waals surface area contributed by atoms with E-state index in [1.54, 1.807) is 17.0 Å². The van der Waals surface area contributed by atoms with E-state index < -0.39 is 6.10 Å². The molecule has 1 aliphatic heterocycles. The van der Waals surface area contributed by atoms with E-state index >= 15 is 0 Å². The third-order valence-electron chi connectivity index (χ3n) is 4.49. The Kier molecular flexibility index (Phi) is 5.73. The summed E-state index contributed by atoms with van der Waals surface area (Å²) in [5.74, 6) is 0.503. The zero-order chi connectivity index (χ0) is 17.6. The molecule has 2 N–H and O–H groups in total. The van der Waals surface area contributed by atoms with Gasteiger partial charge >= 0.3 is 6.03 Å². The highest BCUT2D eigenvalue weighted by Gasteiger charge is 2.30. The number of morpholine rings is 1. The number of hydrogen-bond donors (Lipinski definition) is 2. The molecule has 0 aliphatic carbocycles. The van der Waals surface area contributed by atoms with Crippen LogP contribution >= 0.6 is 0 Å². The number of rotatable bonds is 5. The van der Waals surface area contributed by atoms with E-state index in [1.807, 2.05) is 37.3 Å². The first-order valence-corrected chi connectivity index (χ1v) is 8.56. The molecule has 3 rings (SSSR count). The van der Waals surface area contributed by atoms with Gasteiger partial charge in [-0.2, -0.15) is 0 Å². The topological polar surface area (TPSA) is 74.9 Å². The zero-order valence-corrected chi connectivity index (χ0v) is 14.3. The highest BCUT2D eigenvalue weighted by molar-refractivity contribution is 5.75. The van der Waals surface area contributed by atoms with E-state index in [1.165, 1.54) is 6.26 Å². The fourth-order valence-corrected chi connectivity index (χ4v) is 3.07. The van der Waals surface area contributed by atoms with Gasteiger partial charge in [0.2, 0.25) is 0 Å². The third-order valence-corrected chi connectivity index (χ3v) is 4.49. The van der Waals surface area contributed by atoms with Crippen molar-refractivity contribution in [2.24, 2.45) is 0 Å². The van der Waals surface area contributed by atoms with E-state index in [4.69, 9.17) is 9.15 Å². The van der Waals surface area contributed by atoms with E-state index in [-0.39, 0.29) is 18.1 Å². The van der Waals surface area contributed by atoms with Gasteiger partial charge in [-0.1, -0.05) is 30.3 Å². The molecule has 1 aromatic carbocycles. The number of nitrogens with one attached hydrogen (secondary N) is 1. The number of carbonyl (C=O) groups excluding carboxylic acids is 1. The lowest BCUT2D eigenvalue weighted by molar-refractivity contribution is -0.0101. The van der Waals surface area contributed by atoms with Gasteiger partial charge in [-0.05, 0) is 24.6 Å². The fourth-order valence-electron chi connectivity index (χ4n) is 3.07. The second-order valence-corrected chi connectivity index (χ2v) is 6.27. The number of nitrogens with zero attached hydrogens (tertiary/aromatic N) is 1. The lowest BCUT2D eigenvalue weighted by atomic mass is 10.1. The molecule has 0 unspecified atom stereocenters. The van der Waals surface area contributed by atoms with Crippen LogP contribution in [0.15, 0.2) is 53.1 Å². The summed E-state index contributed by atoms with van der Waals surface area (Å²) in [5.41, 5.74) is 1.05. The van der Waals surface area contributed by atoms with Crippen LogP contribution in [0.5, 0.6) is 0 Å². The van der Waals surface area contributed by atoms with Crippen LogP contribution in [0.1, 0.15) is 36.8 Å². The number of amides is 2. The Morgan fingerprint density at radius 1 is 1.32 bits per heavy atom. The number of ether oxygens (including phenoxy) is 1. The minimum atomic E-state index is -0.761. The summed E-state index contributed by atoms with van der Waals surface area (Å²) in [5, 5.41) is 13.3. The van der Waals surface area contributed by atoms with Gasteiger partial charge in [-0.3, -0.25) is 0 Å². The molecule has 1 aromatic heterocycles. The Balaban J connectivity index is 1.62. The maximum Gasteiger partial charge on any atom is 0.318 e. The van der Waals surface area contributed by atoms with Crippen LogP contribution in [0.3, 0.4) is 0 Å². The molecule has 0 radical (unpaired) electrons. The van der Waals surface area contributed by atoms with E-state index in [9.17, 15) is 9.90 Å². The van der Waals surface area contributed by atoms with Gasteiger partial charge in [-0.25, -0.2) is 4.79 Å². The second kappa shape index (κ2) is 8.18. The Morgan fingerprint density at radius 2 is 2.12 bits per heavy atom. The first-order chi connectivity index (χ1) is 12.1. The number of urea groups is 1. The summed E-state index contributed by atoms with van der Waals surface area (Å²) >= 11 is 0. The van der Waals surface area contributed by atoms with Crippen LogP contribution in [-0.4, -0.2) is 41.8 Å². The molecule has 2 amide bonds. The van der Waals surface area contributed by atoms with Crippen molar-refractivity contribution in [3.63, 3.8) is 0 Å². The van der Waals surface area contributed by atoms with Crippen molar-refractivity contribution in [3.05, 3.63) is 60.1 Å². The Hall–Kier alpha value is -2.31. The van der Waals surface area contributed by atoms with Gasteiger partial charge in [-0.15, -0.1) is 0 Å². The van der Waals surface area contributed by atoms with Crippen molar-refractivity contribution in [2.75, 3.05) is 19.8 Å². The van der Waals surface area contributed by atoms with Crippen LogP contribution in [0.4, 0.5) is 4.79 Å². The van der Waals surface area contributed by atoms with Crippen molar-refractivity contribution >= 4 is 6.03 Å². The van der Waals surface area contributed by atoms with Gasteiger partial charge < -0.3 is 24.5 Å². The molecule has 1 saturated heterocycles. The van der Waals surface area contributed by atoms with Crippen LogP contribution < -0.4 is 5.32 Å².